The van der Waals surface area contributed by atoms with Gasteiger partial charge in [-0.2, -0.15) is 0 Å². The molecule has 114 valence electrons. The van der Waals surface area contributed by atoms with Crippen molar-refractivity contribution >= 4 is 10.0 Å². The summed E-state index contributed by atoms with van der Waals surface area (Å²) < 4.78 is 27.9. The zero-order valence-electron chi connectivity index (χ0n) is 12.0. The SMILES string of the molecule is CC(CCc1ccco1)NCc1cccc(S(N)(=O)=O)c1. The van der Waals surface area contributed by atoms with Crippen LogP contribution in [0, 0.1) is 0 Å². The van der Waals surface area contributed by atoms with Crippen molar-refractivity contribution in [1.29, 1.82) is 0 Å². The molecule has 0 aliphatic carbocycles. The highest BCUT2D eigenvalue weighted by Crippen LogP contribution is 2.11. The molecule has 2 aromatic rings. The Bertz CT molecular complexity index is 666. The van der Waals surface area contributed by atoms with Crippen LogP contribution < -0.4 is 10.5 Å². The number of rotatable bonds is 7. The Morgan fingerprint density at radius 3 is 2.76 bits per heavy atom. The molecule has 21 heavy (non-hydrogen) atoms. The quantitative estimate of drug-likeness (QED) is 0.819. The van der Waals surface area contributed by atoms with Crippen molar-refractivity contribution in [2.45, 2.75) is 37.2 Å². The van der Waals surface area contributed by atoms with Gasteiger partial charge in [-0.3, -0.25) is 0 Å². The number of hydrogen-bond acceptors (Lipinski definition) is 4. The van der Waals surface area contributed by atoms with Crippen molar-refractivity contribution in [3.63, 3.8) is 0 Å². The van der Waals surface area contributed by atoms with Gasteiger partial charge in [0.25, 0.3) is 0 Å². The van der Waals surface area contributed by atoms with E-state index in [1.807, 2.05) is 18.2 Å². The Hall–Kier alpha value is -1.63. The molecule has 1 heterocycles. The van der Waals surface area contributed by atoms with Crippen LogP contribution in [-0.2, 0) is 23.0 Å². The number of benzene rings is 1. The van der Waals surface area contributed by atoms with Crippen molar-refractivity contribution in [3.05, 3.63) is 54.0 Å². The summed E-state index contributed by atoms with van der Waals surface area (Å²) in [5.41, 5.74) is 0.895. The minimum atomic E-state index is -3.64. The first kappa shape index (κ1) is 15.8. The van der Waals surface area contributed by atoms with Gasteiger partial charge in [-0.1, -0.05) is 12.1 Å². The predicted molar refractivity (Wildman–Crippen MR) is 81.1 cm³/mol. The number of sulfonamides is 1. The molecule has 0 fully saturated rings. The second kappa shape index (κ2) is 6.89. The number of furan rings is 1. The molecule has 0 aliphatic heterocycles. The van der Waals surface area contributed by atoms with E-state index in [0.29, 0.717) is 12.6 Å². The maximum Gasteiger partial charge on any atom is 0.238 e. The average Bonchev–Trinajstić information content (AvgIpc) is 2.95. The standard InChI is InChI=1S/C15H20N2O3S/c1-12(7-8-14-5-3-9-20-14)17-11-13-4-2-6-15(10-13)21(16,18)19/h2-6,9-10,12,17H,7-8,11H2,1H3,(H2,16,18,19). The number of hydrogen-bond donors (Lipinski definition) is 2. The minimum Gasteiger partial charge on any atom is -0.469 e. The van der Waals surface area contributed by atoms with Gasteiger partial charge in [0.05, 0.1) is 11.2 Å². The van der Waals surface area contributed by atoms with Gasteiger partial charge in [-0.05, 0) is 43.2 Å². The van der Waals surface area contributed by atoms with Gasteiger partial charge in [0.1, 0.15) is 5.76 Å². The van der Waals surface area contributed by atoms with E-state index in [2.05, 4.69) is 12.2 Å². The van der Waals surface area contributed by atoms with E-state index < -0.39 is 10.0 Å². The number of primary sulfonamides is 1. The van der Waals surface area contributed by atoms with Crippen molar-refractivity contribution in [2.75, 3.05) is 0 Å². The van der Waals surface area contributed by atoms with Crippen LogP contribution in [0.5, 0.6) is 0 Å². The first-order valence-electron chi connectivity index (χ1n) is 6.82. The van der Waals surface area contributed by atoms with E-state index in [-0.39, 0.29) is 4.90 Å². The third-order valence-electron chi connectivity index (χ3n) is 3.29. The summed E-state index contributed by atoms with van der Waals surface area (Å²) in [6.45, 7) is 2.69. The smallest absolute Gasteiger partial charge is 0.238 e. The van der Waals surface area contributed by atoms with E-state index >= 15 is 0 Å². The second-order valence-electron chi connectivity index (χ2n) is 5.09. The summed E-state index contributed by atoms with van der Waals surface area (Å²) in [4.78, 5) is 0.144. The molecular formula is C15H20N2O3S. The molecule has 0 spiro atoms. The number of nitrogens with one attached hydrogen (secondary N) is 1. The average molecular weight is 308 g/mol. The lowest BCUT2D eigenvalue weighted by atomic mass is 10.1. The monoisotopic (exact) mass is 308 g/mol. The summed E-state index contributed by atoms with van der Waals surface area (Å²) in [5, 5.41) is 8.49. The molecule has 0 saturated heterocycles. The molecule has 0 amide bonds. The highest BCUT2D eigenvalue weighted by Gasteiger charge is 2.09. The second-order valence-corrected chi connectivity index (χ2v) is 6.65. The summed E-state index contributed by atoms with van der Waals surface area (Å²) >= 11 is 0. The van der Waals surface area contributed by atoms with Crippen LogP contribution >= 0.6 is 0 Å². The topological polar surface area (TPSA) is 85.3 Å². The molecule has 1 unspecified atom stereocenters. The van der Waals surface area contributed by atoms with Crippen LogP contribution in [-0.4, -0.2) is 14.5 Å². The van der Waals surface area contributed by atoms with Gasteiger partial charge >= 0.3 is 0 Å². The first-order valence-corrected chi connectivity index (χ1v) is 8.37. The van der Waals surface area contributed by atoms with E-state index in [1.54, 1.807) is 18.4 Å². The molecule has 0 bridgehead atoms. The Labute approximate surface area is 125 Å². The molecule has 1 aromatic heterocycles. The summed E-state index contributed by atoms with van der Waals surface area (Å²) in [6.07, 6.45) is 3.49. The van der Waals surface area contributed by atoms with Crippen LogP contribution in [0.15, 0.2) is 52.0 Å². The van der Waals surface area contributed by atoms with Crippen LogP contribution in [0.1, 0.15) is 24.7 Å². The summed E-state index contributed by atoms with van der Waals surface area (Å²) in [7, 11) is -3.64. The fraction of sp³-hybridized carbons (Fsp3) is 0.333. The fourth-order valence-corrected chi connectivity index (χ4v) is 2.62. The van der Waals surface area contributed by atoms with E-state index in [4.69, 9.17) is 9.56 Å². The van der Waals surface area contributed by atoms with Crippen LogP contribution in [0.4, 0.5) is 0 Å². The molecule has 0 radical (unpaired) electrons. The van der Waals surface area contributed by atoms with Gasteiger partial charge < -0.3 is 9.73 Å². The number of aryl methyl sites for hydroxylation is 1. The lowest BCUT2D eigenvalue weighted by Crippen LogP contribution is -2.26. The molecular weight excluding hydrogens is 288 g/mol. The largest absolute Gasteiger partial charge is 0.469 e. The predicted octanol–water partition coefficient (Wildman–Crippen LogP) is 2.04. The third-order valence-corrected chi connectivity index (χ3v) is 4.20. The van der Waals surface area contributed by atoms with Gasteiger partial charge in [0.2, 0.25) is 10.0 Å². The summed E-state index contributed by atoms with van der Waals surface area (Å²) in [6, 6.07) is 10.8. The van der Waals surface area contributed by atoms with Gasteiger partial charge in [-0.15, -0.1) is 0 Å². The number of nitrogens with two attached hydrogens (primary N) is 1. The molecule has 0 saturated carbocycles. The van der Waals surface area contributed by atoms with Crippen LogP contribution in [0.3, 0.4) is 0 Å². The maximum atomic E-state index is 11.3. The maximum absolute atomic E-state index is 11.3. The molecule has 5 nitrogen and oxygen atoms in total. The minimum absolute atomic E-state index is 0.144. The van der Waals surface area contributed by atoms with Crippen molar-refractivity contribution in [3.8, 4) is 0 Å². The van der Waals surface area contributed by atoms with E-state index in [9.17, 15) is 8.42 Å². The fourth-order valence-electron chi connectivity index (χ4n) is 2.04. The normalized spacial score (nSPS) is 13.2. The molecule has 2 rings (SSSR count). The van der Waals surface area contributed by atoms with Crippen molar-refractivity contribution in [2.24, 2.45) is 5.14 Å². The van der Waals surface area contributed by atoms with Crippen molar-refractivity contribution in [1.82, 2.24) is 5.32 Å². The van der Waals surface area contributed by atoms with E-state index in [1.165, 1.54) is 6.07 Å². The molecule has 1 aromatic carbocycles. The van der Waals surface area contributed by atoms with Gasteiger partial charge in [-0.25, -0.2) is 13.6 Å². The third kappa shape index (κ3) is 5.00. The van der Waals surface area contributed by atoms with Gasteiger partial charge in [0.15, 0.2) is 0 Å². The Kier molecular flexibility index (Phi) is 5.17. The lowest BCUT2D eigenvalue weighted by molar-refractivity contribution is 0.460. The zero-order chi connectivity index (χ0) is 15.3. The van der Waals surface area contributed by atoms with Crippen LogP contribution in [0.25, 0.3) is 0 Å². The summed E-state index contributed by atoms with van der Waals surface area (Å²) in [5.74, 6) is 0.972. The zero-order valence-corrected chi connectivity index (χ0v) is 12.8. The molecule has 6 heteroatoms. The lowest BCUT2D eigenvalue weighted by Gasteiger charge is -2.13. The highest BCUT2D eigenvalue weighted by molar-refractivity contribution is 7.89. The van der Waals surface area contributed by atoms with Crippen LogP contribution in [0.2, 0.25) is 0 Å². The van der Waals surface area contributed by atoms with Gasteiger partial charge in [0, 0.05) is 19.0 Å². The van der Waals surface area contributed by atoms with Crippen molar-refractivity contribution < 1.29 is 12.8 Å². The molecule has 3 N–H and O–H groups in total. The van der Waals surface area contributed by atoms with E-state index in [0.717, 1.165) is 24.2 Å². The Morgan fingerprint density at radius 1 is 1.29 bits per heavy atom. The Morgan fingerprint density at radius 2 is 2.10 bits per heavy atom. The molecule has 0 aliphatic rings. The Balaban J connectivity index is 1.85. The highest BCUT2D eigenvalue weighted by atomic mass is 32.2. The first-order chi connectivity index (χ1) is 9.95. The molecule has 1 atom stereocenters.